The van der Waals surface area contributed by atoms with Crippen LogP contribution in [0.1, 0.15) is 40.0 Å². The van der Waals surface area contributed by atoms with Crippen LogP contribution in [0.4, 0.5) is 4.79 Å². The molecule has 0 aromatic heterocycles. The first-order chi connectivity index (χ1) is 9.19. The van der Waals surface area contributed by atoms with Gasteiger partial charge in [-0.15, -0.1) is 0 Å². The summed E-state index contributed by atoms with van der Waals surface area (Å²) in [5, 5.41) is 5.28. The number of rotatable bonds is 2. The maximum Gasteiger partial charge on any atom is 0.325 e. The molecule has 2 aliphatic rings. The summed E-state index contributed by atoms with van der Waals surface area (Å²) in [6.45, 7) is 6.12. The van der Waals surface area contributed by atoms with Crippen LogP contribution in [0, 0.1) is 11.3 Å². The van der Waals surface area contributed by atoms with E-state index in [1.165, 1.54) is 7.05 Å². The molecule has 1 saturated heterocycles. The number of carbonyl (C=O) groups excluding carboxylic acids is 3. The summed E-state index contributed by atoms with van der Waals surface area (Å²) in [7, 11) is 1.49. The van der Waals surface area contributed by atoms with Crippen molar-refractivity contribution in [3.05, 3.63) is 0 Å². The molecular formula is C14H23N3O3. The van der Waals surface area contributed by atoms with Gasteiger partial charge >= 0.3 is 6.03 Å². The molecule has 4 amide bonds. The second-order valence-electron chi connectivity index (χ2n) is 6.93. The predicted molar refractivity (Wildman–Crippen MR) is 73.8 cm³/mol. The van der Waals surface area contributed by atoms with Gasteiger partial charge in [0.25, 0.3) is 5.91 Å². The highest BCUT2D eigenvalue weighted by Crippen LogP contribution is 2.46. The maximum absolute atomic E-state index is 12.6. The number of nitrogens with zero attached hydrogens (tertiary/aromatic N) is 1. The van der Waals surface area contributed by atoms with E-state index in [4.69, 9.17) is 0 Å². The summed E-state index contributed by atoms with van der Waals surface area (Å²) < 4.78 is 0. The molecule has 2 unspecified atom stereocenters. The molecule has 2 fully saturated rings. The topological polar surface area (TPSA) is 78.5 Å². The molecule has 6 nitrogen and oxygen atoms in total. The Morgan fingerprint density at radius 3 is 2.60 bits per heavy atom. The SMILES string of the molecule is CNC(=O)CN1C(=O)NC2(CC(C)CC(C)(C)C2)C1=O. The van der Waals surface area contributed by atoms with Crippen molar-refractivity contribution in [1.82, 2.24) is 15.5 Å². The Morgan fingerprint density at radius 1 is 1.40 bits per heavy atom. The molecule has 1 aliphatic heterocycles. The third kappa shape index (κ3) is 2.51. The summed E-state index contributed by atoms with van der Waals surface area (Å²) in [4.78, 5) is 37.2. The van der Waals surface area contributed by atoms with Crippen molar-refractivity contribution in [3.63, 3.8) is 0 Å². The van der Waals surface area contributed by atoms with Gasteiger partial charge in [-0.1, -0.05) is 20.8 Å². The standard InChI is InChI=1S/C14H23N3O3/c1-9-5-13(2,3)8-14(6-9)11(19)17(12(20)16-14)7-10(18)15-4/h9H,5-8H2,1-4H3,(H,15,18)(H,16,20). The number of hydrogen-bond acceptors (Lipinski definition) is 3. The predicted octanol–water partition coefficient (Wildman–Crippen LogP) is 0.869. The average molecular weight is 281 g/mol. The van der Waals surface area contributed by atoms with Gasteiger partial charge in [0, 0.05) is 7.05 Å². The first-order valence-electron chi connectivity index (χ1n) is 7.04. The quantitative estimate of drug-likeness (QED) is 0.737. The molecule has 6 heteroatoms. The van der Waals surface area contributed by atoms with Crippen molar-refractivity contribution in [3.8, 4) is 0 Å². The minimum absolute atomic E-state index is 0.00360. The highest BCUT2D eigenvalue weighted by Gasteiger charge is 2.56. The van der Waals surface area contributed by atoms with Gasteiger partial charge in [-0.05, 0) is 30.6 Å². The third-order valence-corrected chi connectivity index (χ3v) is 4.20. The minimum Gasteiger partial charge on any atom is -0.358 e. The van der Waals surface area contributed by atoms with E-state index in [0.717, 1.165) is 11.3 Å². The fourth-order valence-corrected chi connectivity index (χ4v) is 3.87. The Morgan fingerprint density at radius 2 is 2.05 bits per heavy atom. The summed E-state index contributed by atoms with van der Waals surface area (Å²) >= 11 is 0. The molecule has 2 atom stereocenters. The zero-order valence-corrected chi connectivity index (χ0v) is 12.6. The van der Waals surface area contributed by atoms with Gasteiger partial charge < -0.3 is 10.6 Å². The van der Waals surface area contributed by atoms with Gasteiger partial charge in [0.15, 0.2) is 0 Å². The number of likely N-dealkylation sites (N-methyl/N-ethyl adjacent to an activating group) is 1. The van der Waals surface area contributed by atoms with E-state index < -0.39 is 11.6 Å². The zero-order chi connectivity index (χ0) is 15.1. The Labute approximate surface area is 119 Å². The van der Waals surface area contributed by atoms with Crippen LogP contribution in [0.2, 0.25) is 0 Å². The molecule has 0 aromatic carbocycles. The van der Waals surface area contributed by atoms with E-state index in [1.807, 2.05) is 0 Å². The molecule has 1 saturated carbocycles. The Bertz CT molecular complexity index is 461. The third-order valence-electron chi connectivity index (χ3n) is 4.20. The molecule has 0 bridgehead atoms. The van der Waals surface area contributed by atoms with E-state index in [2.05, 4.69) is 31.4 Å². The van der Waals surface area contributed by atoms with Crippen LogP contribution >= 0.6 is 0 Å². The fraction of sp³-hybridized carbons (Fsp3) is 0.786. The summed E-state index contributed by atoms with van der Waals surface area (Å²) in [6.07, 6.45) is 2.30. The van der Waals surface area contributed by atoms with E-state index in [-0.39, 0.29) is 23.8 Å². The van der Waals surface area contributed by atoms with Gasteiger partial charge in [-0.2, -0.15) is 0 Å². The largest absolute Gasteiger partial charge is 0.358 e. The van der Waals surface area contributed by atoms with Crippen LogP contribution in [0.25, 0.3) is 0 Å². The Hall–Kier alpha value is -1.59. The molecule has 1 aliphatic carbocycles. The van der Waals surface area contributed by atoms with E-state index in [9.17, 15) is 14.4 Å². The molecule has 2 rings (SSSR count). The van der Waals surface area contributed by atoms with Crippen LogP contribution in [0.15, 0.2) is 0 Å². The first-order valence-corrected chi connectivity index (χ1v) is 7.04. The van der Waals surface area contributed by atoms with Crippen molar-refractivity contribution in [2.75, 3.05) is 13.6 Å². The smallest absolute Gasteiger partial charge is 0.325 e. The van der Waals surface area contributed by atoms with Crippen molar-refractivity contribution in [2.45, 2.75) is 45.6 Å². The second kappa shape index (κ2) is 4.75. The normalized spacial score (nSPS) is 32.4. The molecular weight excluding hydrogens is 258 g/mol. The van der Waals surface area contributed by atoms with Crippen LogP contribution in [0.3, 0.4) is 0 Å². The number of carbonyl (C=O) groups is 3. The molecule has 1 spiro atoms. The van der Waals surface area contributed by atoms with Gasteiger partial charge in [0.05, 0.1) is 0 Å². The molecule has 20 heavy (non-hydrogen) atoms. The number of imide groups is 1. The second-order valence-corrected chi connectivity index (χ2v) is 6.93. The van der Waals surface area contributed by atoms with Crippen LogP contribution in [-0.2, 0) is 9.59 Å². The Kier molecular flexibility index (Phi) is 3.52. The lowest BCUT2D eigenvalue weighted by Gasteiger charge is -2.43. The molecule has 2 N–H and O–H groups in total. The first kappa shape index (κ1) is 14.8. The van der Waals surface area contributed by atoms with Gasteiger partial charge in [-0.3, -0.25) is 14.5 Å². The maximum atomic E-state index is 12.6. The number of urea groups is 1. The van der Waals surface area contributed by atoms with E-state index >= 15 is 0 Å². The average Bonchev–Trinajstić information content (AvgIpc) is 2.50. The van der Waals surface area contributed by atoms with Gasteiger partial charge in [0.2, 0.25) is 5.91 Å². The lowest BCUT2D eigenvalue weighted by molar-refractivity contribution is -0.137. The molecule has 0 radical (unpaired) electrons. The lowest BCUT2D eigenvalue weighted by Crippen LogP contribution is -2.54. The van der Waals surface area contributed by atoms with Crippen LogP contribution in [0.5, 0.6) is 0 Å². The summed E-state index contributed by atoms with van der Waals surface area (Å²) in [5.41, 5.74) is -0.824. The molecule has 1 heterocycles. The number of hydrogen-bond donors (Lipinski definition) is 2. The fourth-order valence-electron chi connectivity index (χ4n) is 3.87. The summed E-state index contributed by atoms with van der Waals surface area (Å²) in [5.74, 6) is -0.234. The number of nitrogens with one attached hydrogen (secondary N) is 2. The highest BCUT2D eigenvalue weighted by atomic mass is 16.2. The number of amides is 4. The van der Waals surface area contributed by atoms with Crippen molar-refractivity contribution in [2.24, 2.45) is 11.3 Å². The van der Waals surface area contributed by atoms with E-state index in [0.29, 0.717) is 18.8 Å². The highest BCUT2D eigenvalue weighted by molar-refractivity contribution is 6.09. The van der Waals surface area contributed by atoms with Crippen molar-refractivity contribution < 1.29 is 14.4 Å². The van der Waals surface area contributed by atoms with Crippen molar-refractivity contribution in [1.29, 1.82) is 0 Å². The van der Waals surface area contributed by atoms with Gasteiger partial charge in [-0.25, -0.2) is 4.79 Å². The molecule has 112 valence electrons. The minimum atomic E-state index is -0.827. The van der Waals surface area contributed by atoms with E-state index in [1.54, 1.807) is 0 Å². The lowest BCUT2D eigenvalue weighted by atomic mass is 9.64. The molecule has 0 aromatic rings. The Balaban J connectivity index is 2.24. The van der Waals surface area contributed by atoms with Gasteiger partial charge in [0.1, 0.15) is 12.1 Å². The van der Waals surface area contributed by atoms with Crippen LogP contribution in [-0.4, -0.2) is 41.9 Å². The zero-order valence-electron chi connectivity index (χ0n) is 12.6. The van der Waals surface area contributed by atoms with Crippen LogP contribution < -0.4 is 10.6 Å². The monoisotopic (exact) mass is 281 g/mol. The summed E-state index contributed by atoms with van der Waals surface area (Å²) in [6, 6.07) is -0.455. The van der Waals surface area contributed by atoms with Crippen molar-refractivity contribution >= 4 is 17.8 Å².